The van der Waals surface area contributed by atoms with Gasteiger partial charge in [0.15, 0.2) is 5.78 Å². The van der Waals surface area contributed by atoms with Gasteiger partial charge in [-0.25, -0.2) is 0 Å². The highest BCUT2D eigenvalue weighted by Gasteiger charge is 2.28. The minimum atomic E-state index is 0.218. The summed E-state index contributed by atoms with van der Waals surface area (Å²) in [5, 5.41) is 0. The number of allylic oxidation sites excluding steroid dienone is 4. The van der Waals surface area contributed by atoms with Gasteiger partial charge in [0.1, 0.15) is 0 Å². The molecule has 0 aliphatic heterocycles. The van der Waals surface area contributed by atoms with Crippen molar-refractivity contribution in [3.05, 3.63) is 58.2 Å². The van der Waals surface area contributed by atoms with Gasteiger partial charge >= 0.3 is 0 Å². The van der Waals surface area contributed by atoms with Crippen molar-refractivity contribution in [1.29, 1.82) is 0 Å². The Morgan fingerprint density at radius 2 is 1.75 bits per heavy atom. The first-order valence-corrected chi connectivity index (χ1v) is 9.51. The monoisotopic (exact) mass is 322 g/mol. The molecule has 1 aromatic rings. The molecular weight excluding hydrogens is 292 g/mol. The summed E-state index contributed by atoms with van der Waals surface area (Å²) in [4.78, 5) is 13.2. The van der Waals surface area contributed by atoms with Crippen LogP contribution in [0.4, 0.5) is 0 Å². The molecule has 0 amide bonds. The molecule has 0 aromatic heterocycles. The summed E-state index contributed by atoms with van der Waals surface area (Å²) < 4.78 is 0. The van der Waals surface area contributed by atoms with Gasteiger partial charge in [0.25, 0.3) is 0 Å². The summed E-state index contributed by atoms with van der Waals surface area (Å²) in [5.41, 5.74) is 5.77. The summed E-state index contributed by atoms with van der Waals surface area (Å²) in [6.45, 7) is 8.82. The molecule has 0 N–H and O–H groups in total. The van der Waals surface area contributed by atoms with Gasteiger partial charge in [0, 0.05) is 11.1 Å². The lowest BCUT2D eigenvalue weighted by Gasteiger charge is -2.27. The Morgan fingerprint density at radius 1 is 1.08 bits per heavy atom. The van der Waals surface area contributed by atoms with Gasteiger partial charge < -0.3 is 0 Å². The Labute approximate surface area is 146 Å². The molecule has 1 fully saturated rings. The van der Waals surface area contributed by atoms with Crippen LogP contribution in [0.5, 0.6) is 0 Å². The Bertz CT molecular complexity index is 682. The number of carbonyl (C=O) groups excluding carboxylic acids is 1. The first-order chi connectivity index (χ1) is 11.5. The lowest BCUT2D eigenvalue weighted by Crippen LogP contribution is -2.13. The molecule has 0 unspecified atom stereocenters. The standard InChI is InChI=1S/C23H30O/c1-15(2)20-7-5-6-8-21(20)23(24)22-14-19(13-17(22)4)18-11-9-16(3)10-12-18/h5-8,14-16,18H,9-13H2,1-4H3. The van der Waals surface area contributed by atoms with Crippen LogP contribution in [0.3, 0.4) is 0 Å². The highest BCUT2D eigenvalue weighted by atomic mass is 16.1. The van der Waals surface area contributed by atoms with E-state index in [-0.39, 0.29) is 5.78 Å². The fourth-order valence-corrected chi connectivity index (χ4v) is 4.27. The van der Waals surface area contributed by atoms with Gasteiger partial charge in [-0.2, -0.15) is 0 Å². The molecule has 128 valence electrons. The van der Waals surface area contributed by atoms with E-state index in [1.54, 1.807) is 0 Å². The van der Waals surface area contributed by atoms with Gasteiger partial charge in [-0.15, -0.1) is 0 Å². The van der Waals surface area contributed by atoms with Crippen LogP contribution in [0.25, 0.3) is 0 Å². The van der Waals surface area contributed by atoms with Crippen molar-refractivity contribution < 1.29 is 4.79 Å². The summed E-state index contributed by atoms with van der Waals surface area (Å²) >= 11 is 0. The third kappa shape index (κ3) is 3.41. The topological polar surface area (TPSA) is 17.1 Å². The fourth-order valence-electron chi connectivity index (χ4n) is 4.27. The summed E-state index contributed by atoms with van der Waals surface area (Å²) in [6.07, 6.45) is 8.50. The number of hydrogen-bond donors (Lipinski definition) is 0. The highest BCUT2D eigenvalue weighted by molar-refractivity contribution is 6.12. The Kier molecular flexibility index (Phi) is 5.08. The molecule has 2 aliphatic rings. The Morgan fingerprint density at radius 3 is 2.42 bits per heavy atom. The van der Waals surface area contributed by atoms with Crippen LogP contribution in [0.2, 0.25) is 0 Å². The number of Topliss-reactive ketones (excluding diaryl/α,β-unsaturated/α-hetero) is 1. The third-order valence-electron chi connectivity index (χ3n) is 5.87. The maximum Gasteiger partial charge on any atom is 0.193 e. The molecule has 0 radical (unpaired) electrons. The van der Waals surface area contributed by atoms with Gasteiger partial charge in [0.05, 0.1) is 0 Å². The number of carbonyl (C=O) groups is 1. The van der Waals surface area contributed by atoms with Gasteiger partial charge in [-0.1, -0.05) is 75.1 Å². The first kappa shape index (κ1) is 17.2. The molecule has 1 aromatic carbocycles. The largest absolute Gasteiger partial charge is 0.289 e. The lowest BCUT2D eigenvalue weighted by molar-refractivity contribution is 0.103. The summed E-state index contributed by atoms with van der Waals surface area (Å²) in [5.74, 6) is 2.16. The number of benzene rings is 1. The summed E-state index contributed by atoms with van der Waals surface area (Å²) in [7, 11) is 0. The molecule has 1 nitrogen and oxygen atoms in total. The molecular formula is C23H30O. The van der Waals surface area contributed by atoms with Crippen molar-refractivity contribution in [2.24, 2.45) is 11.8 Å². The van der Waals surface area contributed by atoms with Crippen molar-refractivity contribution >= 4 is 5.78 Å². The minimum Gasteiger partial charge on any atom is -0.289 e. The zero-order valence-electron chi connectivity index (χ0n) is 15.6. The van der Waals surface area contributed by atoms with E-state index in [0.29, 0.717) is 11.8 Å². The normalized spacial score (nSPS) is 24.5. The first-order valence-electron chi connectivity index (χ1n) is 9.51. The second-order valence-corrected chi connectivity index (χ2v) is 8.12. The van der Waals surface area contributed by atoms with E-state index in [1.807, 2.05) is 18.2 Å². The molecule has 0 saturated heterocycles. The molecule has 0 heterocycles. The van der Waals surface area contributed by atoms with Crippen molar-refractivity contribution in [3.8, 4) is 0 Å². The van der Waals surface area contributed by atoms with Crippen LogP contribution < -0.4 is 0 Å². The van der Waals surface area contributed by atoms with Crippen LogP contribution in [0, 0.1) is 11.8 Å². The lowest BCUT2D eigenvalue weighted by atomic mass is 9.78. The minimum absolute atomic E-state index is 0.218. The number of rotatable bonds is 4. The smallest absolute Gasteiger partial charge is 0.193 e. The molecule has 24 heavy (non-hydrogen) atoms. The van der Waals surface area contributed by atoms with Crippen LogP contribution in [0.1, 0.15) is 81.6 Å². The predicted octanol–water partition coefficient (Wildman–Crippen LogP) is 6.47. The molecule has 1 saturated carbocycles. The van der Waals surface area contributed by atoms with Crippen LogP contribution >= 0.6 is 0 Å². The Balaban J connectivity index is 1.84. The SMILES string of the molecule is CC1=C(C(=O)c2ccccc2C(C)C)C=C(C2CCC(C)CC2)C1. The van der Waals surface area contributed by atoms with Crippen molar-refractivity contribution in [1.82, 2.24) is 0 Å². The number of hydrogen-bond acceptors (Lipinski definition) is 1. The van der Waals surface area contributed by atoms with Gasteiger partial charge in [-0.05, 0) is 49.5 Å². The zero-order chi connectivity index (χ0) is 17.3. The van der Waals surface area contributed by atoms with E-state index in [1.165, 1.54) is 36.8 Å². The average Bonchev–Trinajstić information content (AvgIpc) is 2.96. The number of ketones is 1. The van der Waals surface area contributed by atoms with E-state index < -0.39 is 0 Å². The van der Waals surface area contributed by atoms with Gasteiger partial charge in [0.2, 0.25) is 0 Å². The molecule has 0 bridgehead atoms. The fraction of sp³-hybridized carbons (Fsp3) is 0.522. The molecule has 0 atom stereocenters. The highest BCUT2D eigenvalue weighted by Crippen LogP contribution is 2.40. The Hall–Kier alpha value is -1.63. The van der Waals surface area contributed by atoms with Gasteiger partial charge in [-0.3, -0.25) is 4.79 Å². The zero-order valence-corrected chi connectivity index (χ0v) is 15.6. The van der Waals surface area contributed by atoms with E-state index in [9.17, 15) is 4.79 Å². The quantitative estimate of drug-likeness (QED) is 0.581. The predicted molar refractivity (Wildman–Crippen MR) is 101 cm³/mol. The van der Waals surface area contributed by atoms with Crippen LogP contribution in [-0.4, -0.2) is 5.78 Å². The third-order valence-corrected chi connectivity index (χ3v) is 5.87. The summed E-state index contributed by atoms with van der Waals surface area (Å²) in [6, 6.07) is 8.10. The molecule has 2 aliphatic carbocycles. The molecule has 1 heteroatoms. The maximum atomic E-state index is 13.2. The van der Waals surface area contributed by atoms with Crippen molar-refractivity contribution in [2.45, 2.75) is 65.7 Å². The van der Waals surface area contributed by atoms with Crippen LogP contribution in [-0.2, 0) is 0 Å². The van der Waals surface area contributed by atoms with Crippen LogP contribution in [0.15, 0.2) is 47.1 Å². The second-order valence-electron chi connectivity index (χ2n) is 8.12. The molecule has 3 rings (SSSR count). The van der Waals surface area contributed by atoms with E-state index >= 15 is 0 Å². The maximum absolute atomic E-state index is 13.2. The van der Waals surface area contributed by atoms with Crippen molar-refractivity contribution in [2.75, 3.05) is 0 Å². The van der Waals surface area contributed by atoms with E-state index in [4.69, 9.17) is 0 Å². The van der Waals surface area contributed by atoms with E-state index in [0.717, 1.165) is 29.0 Å². The second kappa shape index (κ2) is 7.09. The average molecular weight is 322 g/mol. The van der Waals surface area contributed by atoms with E-state index in [2.05, 4.69) is 39.8 Å². The van der Waals surface area contributed by atoms with Crippen molar-refractivity contribution in [3.63, 3.8) is 0 Å². The molecule has 0 spiro atoms.